The second-order valence-electron chi connectivity index (χ2n) is 38.0. The van der Waals surface area contributed by atoms with Crippen LogP contribution in [0, 0.1) is 25.5 Å². The lowest BCUT2D eigenvalue weighted by Gasteiger charge is -2.29. The second kappa shape index (κ2) is 41.4. The normalized spacial score (nSPS) is 14.3. The molecule has 31 heteroatoms. The molecule has 0 unspecified atom stereocenters. The molecule has 720 valence electrons. The molecule has 0 radical (unpaired) electrons. The molecule has 29 nitrogen and oxygen atoms in total. The number of ketones is 1. The highest BCUT2D eigenvalue weighted by Crippen LogP contribution is 2.41. The summed E-state index contributed by atoms with van der Waals surface area (Å²) in [7, 11) is 5.47. The third kappa shape index (κ3) is 21.3. The number of rotatable bonds is 16. The van der Waals surface area contributed by atoms with E-state index in [2.05, 4.69) is 95.4 Å². The smallest absolute Gasteiger partial charge is 0.257 e. The average molecular weight is 1880 g/mol. The molecule has 0 saturated heterocycles. The van der Waals surface area contributed by atoms with Crippen molar-refractivity contribution in [3.05, 3.63) is 308 Å². The Bertz CT molecular complexity index is 6990. The summed E-state index contributed by atoms with van der Waals surface area (Å²) < 4.78 is 62.5. The van der Waals surface area contributed by atoms with Crippen molar-refractivity contribution in [1.82, 2.24) is 97.4 Å². The molecule has 5 aliphatic rings. The Morgan fingerprint density at radius 2 is 0.741 bits per heavy atom. The minimum atomic E-state index is -0.764. The lowest BCUT2D eigenvalue weighted by Crippen LogP contribution is -2.42. The van der Waals surface area contributed by atoms with Gasteiger partial charge in [0.25, 0.3) is 23.6 Å². The molecule has 20 rings (SSSR count). The van der Waals surface area contributed by atoms with Crippen molar-refractivity contribution in [1.29, 1.82) is 0 Å². The van der Waals surface area contributed by atoms with Crippen LogP contribution in [-0.2, 0) is 81.4 Å². The van der Waals surface area contributed by atoms with E-state index in [1.54, 1.807) is 66.2 Å². The zero-order valence-corrected chi connectivity index (χ0v) is 81.2. The maximum Gasteiger partial charge on any atom is 0.257 e. The lowest BCUT2D eigenvalue weighted by atomic mass is 9.81. The molecule has 5 aliphatic heterocycles. The maximum absolute atomic E-state index is 14.6. The van der Waals surface area contributed by atoms with Crippen LogP contribution in [0.3, 0.4) is 0 Å². The number of amides is 4. The van der Waals surface area contributed by atoms with Gasteiger partial charge in [0.1, 0.15) is 73.4 Å². The van der Waals surface area contributed by atoms with E-state index in [0.717, 1.165) is 132 Å². The van der Waals surface area contributed by atoms with Gasteiger partial charge in [-0.1, -0.05) is 135 Å². The van der Waals surface area contributed by atoms with E-state index in [-0.39, 0.29) is 47.5 Å². The first kappa shape index (κ1) is 97.6. The van der Waals surface area contributed by atoms with Crippen molar-refractivity contribution in [3.8, 4) is 28.7 Å². The average Bonchev–Trinajstić information content (AvgIpc) is 1.58. The zero-order valence-electron chi connectivity index (χ0n) is 81.2. The number of nitrogens with zero attached hydrogens (tertiary/aromatic N) is 10. The van der Waals surface area contributed by atoms with E-state index in [4.69, 9.17) is 23.7 Å². The molecule has 0 atom stereocenters. The molecular formula is C108H119F2N19O10. The van der Waals surface area contributed by atoms with Crippen LogP contribution in [0.25, 0.3) is 54.3 Å². The monoisotopic (exact) mass is 1880 g/mol. The number of para-hydroxylation sites is 5. The first-order chi connectivity index (χ1) is 66.7. The molecule has 0 aliphatic carbocycles. The highest BCUT2D eigenvalue weighted by atomic mass is 19.1. The molecule has 0 fully saturated rings. The summed E-state index contributed by atoms with van der Waals surface area (Å²) in [5.74, 6) is 1.76. The van der Waals surface area contributed by atoms with Gasteiger partial charge in [0.15, 0.2) is 5.78 Å². The molecule has 0 saturated carbocycles. The van der Waals surface area contributed by atoms with E-state index in [9.17, 15) is 32.8 Å². The predicted molar refractivity (Wildman–Crippen MR) is 533 cm³/mol. The van der Waals surface area contributed by atoms with Gasteiger partial charge in [0.2, 0.25) is 0 Å². The van der Waals surface area contributed by atoms with Gasteiger partial charge in [-0.05, 0) is 135 Å². The number of nitrogens with one attached hydrogen (secondary N) is 9. The Balaban J connectivity index is 0.000000125. The quantitative estimate of drug-likeness (QED) is 0.0406. The minimum Gasteiger partial charge on any atom is -0.491 e. The summed E-state index contributed by atoms with van der Waals surface area (Å²) in [5, 5.41) is 57.9. The molecule has 11 heterocycles. The number of hydrogen-bond donors (Lipinski definition) is 9. The summed E-state index contributed by atoms with van der Waals surface area (Å²) in [6, 6.07) is 56.3. The molecule has 139 heavy (non-hydrogen) atoms. The fourth-order valence-corrected chi connectivity index (χ4v) is 18.4. The molecular weight excluding hydrogens is 1760 g/mol. The third-order valence-electron chi connectivity index (χ3n) is 25.5. The van der Waals surface area contributed by atoms with Crippen LogP contribution in [0.15, 0.2) is 201 Å². The maximum atomic E-state index is 14.6. The van der Waals surface area contributed by atoms with Crippen LogP contribution >= 0.6 is 0 Å². The first-order valence-electron chi connectivity index (χ1n) is 46.9. The van der Waals surface area contributed by atoms with Crippen LogP contribution in [-0.4, -0.2) is 145 Å². The molecule has 6 aromatic heterocycles. The number of carbonyl (C=O) groups excluding carboxylic acids is 5. The summed E-state index contributed by atoms with van der Waals surface area (Å²) >= 11 is 0. The number of halogens is 2. The number of aryl methyl sites for hydroxylation is 5. The van der Waals surface area contributed by atoms with E-state index in [0.29, 0.717) is 145 Å². The number of ether oxygens (including phenoxy) is 5. The highest BCUT2D eigenvalue weighted by molar-refractivity contribution is 6.03. The Hall–Kier alpha value is -14.5. The zero-order chi connectivity index (χ0) is 98.2. The largest absolute Gasteiger partial charge is 0.491 e. The van der Waals surface area contributed by atoms with E-state index in [1.165, 1.54) is 18.2 Å². The molecule has 9 N–H and O–H groups in total. The Morgan fingerprint density at radius 1 is 0.360 bits per heavy atom. The Kier molecular flexibility index (Phi) is 29.1. The van der Waals surface area contributed by atoms with Gasteiger partial charge in [-0.3, -0.25) is 48.0 Å². The van der Waals surface area contributed by atoms with Gasteiger partial charge in [-0.2, -0.15) is 25.5 Å². The van der Waals surface area contributed by atoms with Gasteiger partial charge in [-0.25, -0.2) is 8.78 Å². The van der Waals surface area contributed by atoms with Crippen molar-refractivity contribution in [3.63, 3.8) is 0 Å². The van der Waals surface area contributed by atoms with Gasteiger partial charge in [0.05, 0.1) is 100 Å². The van der Waals surface area contributed by atoms with E-state index in [1.807, 2.05) is 222 Å². The highest BCUT2D eigenvalue weighted by Gasteiger charge is 2.38. The molecule has 15 aromatic rings. The van der Waals surface area contributed by atoms with Gasteiger partial charge < -0.3 is 71.5 Å². The minimum absolute atomic E-state index is 0.0288. The standard InChI is InChI=1S/C23H25N3O2.C22H24FN3O2.C22H24N4O2.C21H23FN4O2.C20H23N5O2/c1-15-17-8-4-5-9-18(17)20(14-25-15)23(2,3)26-22(27)19-10-6-7-16-13-24-11-12-28-21(16)19;1-22(2,21-19-16(23)8-5-9-17(19)26(3)25-21)12-18(27)15-7-4-6-14-13-24-10-11-28-20(14)15;1-14-16-8-4-5-9-17(16)20(26-25-14)22(2,3)24-21(27)18-10-6-7-15-13-23-11-12-28-19(15)18;1-21(2,19-15-8-7-14(22)11-17(15)26(3)25-19)24-20(27)16-6-4-5-13-12-23-9-10-28-18(13)16;1-20(2,18-14-6-4-5-7-16(14)25(3)24-18)23-19(26)15-12-22-11-13-10-21-8-9-27-17(13)15/h4-10,14,24H,11-13H2,1-3H3,(H,26,27);4-9,24H,10-13H2,1-3H3;4-10,23H,11-13H2,1-3H3,(H,24,27);4-8,11,23H,9-10,12H2,1-3H3,(H,24,27);4-7,11-12,21H,8-10H2,1-3H3,(H,23,26). The fourth-order valence-electron chi connectivity index (χ4n) is 18.4. The molecule has 0 spiro atoms. The number of hydrogen-bond acceptors (Lipinski definition) is 22. The second-order valence-corrected chi connectivity index (χ2v) is 38.0. The number of Topliss-reactive ketones (excluding diaryl/α,β-unsaturated/α-hetero) is 1. The van der Waals surface area contributed by atoms with Gasteiger partial charge >= 0.3 is 0 Å². The fraction of sp³-hybridized carbons (Fsp3) is 0.333. The summed E-state index contributed by atoms with van der Waals surface area (Å²) in [6.45, 7) is 33.1. The summed E-state index contributed by atoms with van der Waals surface area (Å²) in [6.07, 6.45) is 5.37. The summed E-state index contributed by atoms with van der Waals surface area (Å²) in [4.78, 5) is 74.5. The number of aromatic nitrogens is 10. The topological polar surface area (TPSA) is 345 Å². The lowest BCUT2D eigenvalue weighted by molar-refractivity contribution is 0.0897. The predicted octanol–water partition coefficient (Wildman–Crippen LogP) is 15.5. The van der Waals surface area contributed by atoms with E-state index >= 15 is 0 Å². The molecule has 0 bridgehead atoms. The van der Waals surface area contributed by atoms with Crippen molar-refractivity contribution < 1.29 is 56.4 Å². The molecule has 9 aromatic carbocycles. The van der Waals surface area contributed by atoms with Crippen molar-refractivity contribution in [2.75, 3.05) is 65.8 Å². The van der Waals surface area contributed by atoms with Crippen molar-refractivity contribution in [2.24, 2.45) is 21.1 Å². The number of benzene rings is 9. The van der Waals surface area contributed by atoms with Crippen molar-refractivity contribution >= 4 is 83.7 Å². The van der Waals surface area contributed by atoms with Crippen molar-refractivity contribution in [2.45, 2.75) is 150 Å². The number of pyridine rings is 2. The first-order valence-corrected chi connectivity index (χ1v) is 46.9. The van der Waals surface area contributed by atoms with Crippen LogP contribution in [0.5, 0.6) is 28.7 Å². The third-order valence-corrected chi connectivity index (χ3v) is 25.5. The molecule has 4 amide bonds. The van der Waals surface area contributed by atoms with Crippen LogP contribution in [0.4, 0.5) is 8.78 Å². The SMILES string of the molecule is Cc1ncc(C(C)(C)NC(=O)c2cccc3c2OCCNC3)c2ccccc12.Cc1nnc(C(C)(C)NC(=O)c2cccc3c2OCCNC3)c2ccccc12.Cn1nc(C(C)(C)CC(=O)c2cccc3c2OCCNC3)c2c(F)cccc21.Cn1nc(C(C)(C)NC(=O)c2cccc3c2OCCNC3)c2ccc(F)cc21.Cn1nc(C(C)(C)NC(=O)c2cncc3c2OCCNC3)c2ccccc21. The number of carbonyl (C=O) groups is 5. The number of fused-ring (bicyclic) bond motifs is 10. The summed E-state index contributed by atoms with van der Waals surface area (Å²) in [5.41, 5.74) is 12.2. The van der Waals surface area contributed by atoms with E-state index < -0.39 is 27.6 Å². The Morgan fingerprint density at radius 3 is 1.25 bits per heavy atom. The van der Waals surface area contributed by atoms with Crippen LogP contribution in [0.2, 0.25) is 0 Å². The Labute approximate surface area is 806 Å². The van der Waals surface area contributed by atoms with Crippen LogP contribution in [0.1, 0.15) is 195 Å². The van der Waals surface area contributed by atoms with Gasteiger partial charge in [0, 0.05) is 183 Å². The van der Waals surface area contributed by atoms with Gasteiger partial charge in [-0.15, -0.1) is 0 Å². The van der Waals surface area contributed by atoms with Crippen LogP contribution < -0.4 is 71.5 Å².